The van der Waals surface area contributed by atoms with Crippen molar-refractivity contribution < 1.29 is 9.53 Å². The van der Waals surface area contributed by atoms with Crippen LogP contribution in [-0.2, 0) is 9.53 Å². The van der Waals surface area contributed by atoms with E-state index in [-0.39, 0.29) is 5.56 Å². The third kappa shape index (κ3) is 3.89. The van der Waals surface area contributed by atoms with Crippen molar-refractivity contribution in [3.8, 4) is 0 Å². The number of allylic oxidation sites excluding steroid dienone is 1. The molecule has 142 valence electrons. The normalized spacial score (nSPS) is 15.9. The number of carbonyl (C=O) groups excluding carboxylic acids is 1. The lowest BCUT2D eigenvalue weighted by molar-refractivity contribution is -0.136. The molecule has 1 atom stereocenters. The fourth-order valence-electron chi connectivity index (χ4n) is 3.07. The van der Waals surface area contributed by atoms with Gasteiger partial charge in [-0.2, -0.15) is 0 Å². The van der Waals surface area contributed by atoms with Crippen molar-refractivity contribution in [2.75, 3.05) is 18.2 Å². The molecule has 8 heteroatoms. The summed E-state index contributed by atoms with van der Waals surface area (Å²) >= 11 is 7.49. The summed E-state index contributed by atoms with van der Waals surface area (Å²) in [5.41, 5.74) is 1.87. The van der Waals surface area contributed by atoms with E-state index in [1.165, 1.54) is 18.9 Å². The number of esters is 1. The van der Waals surface area contributed by atoms with E-state index in [1.807, 2.05) is 0 Å². The first-order valence-electron chi connectivity index (χ1n) is 8.54. The van der Waals surface area contributed by atoms with Crippen LogP contribution in [0.2, 0.25) is 5.02 Å². The number of fused-ring (bicyclic) bond motifs is 1. The summed E-state index contributed by atoms with van der Waals surface area (Å²) in [5.74, 6) is 0.231. The minimum atomic E-state index is -0.590. The molecular formula is C19H20ClN3O3S. The maximum Gasteiger partial charge on any atom is 0.336 e. The Morgan fingerprint density at radius 2 is 2.04 bits per heavy atom. The zero-order chi connectivity index (χ0) is 19.6. The van der Waals surface area contributed by atoms with Crippen molar-refractivity contribution in [1.29, 1.82) is 0 Å². The average molecular weight is 406 g/mol. The number of anilines is 1. The van der Waals surface area contributed by atoms with Gasteiger partial charge < -0.3 is 15.0 Å². The van der Waals surface area contributed by atoms with Crippen molar-refractivity contribution in [1.82, 2.24) is 9.97 Å². The molecule has 0 fully saturated rings. The van der Waals surface area contributed by atoms with Crippen molar-refractivity contribution in [3.05, 3.63) is 62.0 Å². The number of aromatic nitrogens is 2. The van der Waals surface area contributed by atoms with E-state index in [9.17, 15) is 9.59 Å². The second-order valence-corrected chi connectivity index (χ2v) is 7.64. The summed E-state index contributed by atoms with van der Waals surface area (Å²) in [6, 6.07) is 7.07. The fraction of sp³-hybridized carbons (Fsp3) is 0.316. The lowest BCUT2D eigenvalue weighted by Gasteiger charge is -2.28. The zero-order valence-corrected chi connectivity index (χ0v) is 16.8. The third-order valence-electron chi connectivity index (χ3n) is 4.27. The minimum Gasteiger partial charge on any atom is -0.466 e. The maximum absolute atomic E-state index is 12.9. The van der Waals surface area contributed by atoms with Crippen molar-refractivity contribution in [2.45, 2.75) is 31.3 Å². The summed E-state index contributed by atoms with van der Waals surface area (Å²) in [7, 11) is 1.32. The smallest absolute Gasteiger partial charge is 0.336 e. The van der Waals surface area contributed by atoms with Crippen LogP contribution in [0.3, 0.4) is 0 Å². The Hall–Kier alpha value is -2.25. The minimum absolute atomic E-state index is 0.278. The van der Waals surface area contributed by atoms with Gasteiger partial charge in [0.2, 0.25) is 0 Å². The summed E-state index contributed by atoms with van der Waals surface area (Å²) < 4.78 is 4.97. The van der Waals surface area contributed by atoms with Gasteiger partial charge in [-0.25, -0.2) is 9.78 Å². The Morgan fingerprint density at radius 3 is 2.67 bits per heavy atom. The van der Waals surface area contributed by atoms with E-state index in [4.69, 9.17) is 16.3 Å². The van der Waals surface area contributed by atoms with E-state index in [2.05, 4.69) is 22.2 Å². The molecule has 27 heavy (non-hydrogen) atoms. The molecule has 0 amide bonds. The van der Waals surface area contributed by atoms with Crippen LogP contribution in [0, 0.1) is 0 Å². The third-order valence-corrected chi connectivity index (χ3v) is 5.60. The molecule has 2 N–H and O–H groups in total. The van der Waals surface area contributed by atoms with Crippen LogP contribution in [0.15, 0.2) is 45.5 Å². The number of halogens is 1. The second kappa shape index (κ2) is 8.19. The number of carbonyl (C=O) groups is 1. The van der Waals surface area contributed by atoms with E-state index >= 15 is 0 Å². The van der Waals surface area contributed by atoms with Crippen molar-refractivity contribution in [2.24, 2.45) is 0 Å². The molecule has 1 aliphatic heterocycles. The summed E-state index contributed by atoms with van der Waals surface area (Å²) in [4.78, 5) is 32.8. The molecule has 1 aliphatic rings. The van der Waals surface area contributed by atoms with E-state index in [0.29, 0.717) is 32.8 Å². The van der Waals surface area contributed by atoms with Crippen LogP contribution in [0.1, 0.15) is 37.3 Å². The number of hydrogen-bond donors (Lipinski definition) is 2. The number of nitrogens with zero attached hydrogens (tertiary/aromatic N) is 1. The van der Waals surface area contributed by atoms with Crippen LogP contribution in [0.4, 0.5) is 5.82 Å². The van der Waals surface area contributed by atoms with Gasteiger partial charge in [0.15, 0.2) is 5.16 Å². The van der Waals surface area contributed by atoms with E-state index in [0.717, 1.165) is 17.7 Å². The quantitative estimate of drug-likeness (QED) is 0.445. The predicted molar refractivity (Wildman–Crippen MR) is 108 cm³/mol. The molecule has 0 saturated heterocycles. The van der Waals surface area contributed by atoms with Crippen LogP contribution in [0.5, 0.6) is 0 Å². The highest BCUT2D eigenvalue weighted by atomic mass is 35.5. The Labute approximate surface area is 166 Å². The number of methoxy groups -OCH3 is 1. The number of nitrogens with one attached hydrogen (secondary N) is 2. The molecule has 0 aliphatic carbocycles. The molecule has 2 aromatic rings. The van der Waals surface area contributed by atoms with Gasteiger partial charge in [-0.05, 0) is 31.0 Å². The first kappa shape index (κ1) is 19.5. The van der Waals surface area contributed by atoms with Crippen LogP contribution in [0.25, 0.3) is 0 Å². The average Bonchev–Trinajstić information content (AvgIpc) is 2.65. The molecule has 1 aromatic carbocycles. The van der Waals surface area contributed by atoms with Gasteiger partial charge in [-0.1, -0.05) is 42.4 Å². The van der Waals surface area contributed by atoms with Gasteiger partial charge in [0.05, 0.1) is 24.2 Å². The topological polar surface area (TPSA) is 84.1 Å². The summed E-state index contributed by atoms with van der Waals surface area (Å²) in [6.45, 7) is 3.84. The molecule has 6 nitrogen and oxygen atoms in total. The summed E-state index contributed by atoms with van der Waals surface area (Å²) in [6.07, 6.45) is 0.970. The van der Waals surface area contributed by atoms with E-state index < -0.39 is 11.9 Å². The first-order chi connectivity index (χ1) is 13.0. The number of H-pyrrole nitrogens is 1. The van der Waals surface area contributed by atoms with Gasteiger partial charge in [0, 0.05) is 16.5 Å². The van der Waals surface area contributed by atoms with Gasteiger partial charge in [0.25, 0.3) is 5.56 Å². The van der Waals surface area contributed by atoms with Gasteiger partial charge in [-0.3, -0.25) is 4.79 Å². The van der Waals surface area contributed by atoms with Crippen molar-refractivity contribution in [3.63, 3.8) is 0 Å². The predicted octanol–water partition coefficient (Wildman–Crippen LogP) is 3.93. The van der Waals surface area contributed by atoms with Crippen LogP contribution in [-0.4, -0.2) is 28.8 Å². The van der Waals surface area contributed by atoms with Crippen LogP contribution >= 0.6 is 23.4 Å². The first-order valence-corrected chi connectivity index (χ1v) is 9.91. The number of hydrogen-bond acceptors (Lipinski definition) is 6. The number of thioether (sulfide) groups is 1. The van der Waals surface area contributed by atoms with Gasteiger partial charge >= 0.3 is 5.97 Å². The molecule has 0 radical (unpaired) electrons. The molecule has 1 aromatic heterocycles. The fourth-order valence-corrected chi connectivity index (χ4v) is 3.91. The number of ether oxygens (including phenoxy) is 1. The zero-order valence-electron chi connectivity index (χ0n) is 15.3. The second-order valence-electron chi connectivity index (χ2n) is 6.12. The number of rotatable bonds is 5. The molecule has 3 rings (SSSR count). The van der Waals surface area contributed by atoms with Gasteiger partial charge in [0.1, 0.15) is 5.82 Å². The SMILES string of the molecule is CCCSc1nc2c(c(=O)[nH]1)C(c1ccc(Cl)cc1)C(C(=O)OC)=C(C)N2. The monoisotopic (exact) mass is 405 g/mol. The highest BCUT2D eigenvalue weighted by molar-refractivity contribution is 7.99. The largest absolute Gasteiger partial charge is 0.466 e. The van der Waals surface area contributed by atoms with Gasteiger partial charge in [-0.15, -0.1) is 0 Å². The lowest BCUT2D eigenvalue weighted by atomic mass is 9.82. The molecule has 0 spiro atoms. The molecular weight excluding hydrogens is 386 g/mol. The molecule has 0 saturated carbocycles. The Balaban J connectivity index is 2.19. The molecule has 1 unspecified atom stereocenters. The Kier molecular flexibility index (Phi) is 5.92. The summed E-state index contributed by atoms with van der Waals surface area (Å²) in [5, 5.41) is 4.23. The Bertz CT molecular complexity index is 954. The number of aromatic amines is 1. The molecule has 2 heterocycles. The Morgan fingerprint density at radius 1 is 1.33 bits per heavy atom. The maximum atomic E-state index is 12.9. The molecule has 0 bridgehead atoms. The van der Waals surface area contributed by atoms with E-state index in [1.54, 1.807) is 31.2 Å². The van der Waals surface area contributed by atoms with Crippen LogP contribution < -0.4 is 10.9 Å². The standard InChI is InChI=1S/C19H20ClN3O3S/c1-4-9-27-19-22-16-15(17(24)23-19)14(11-5-7-12(20)8-6-11)13(10(2)21-16)18(25)26-3/h5-8,14H,4,9H2,1-3H3,(H2,21,22,23,24). The highest BCUT2D eigenvalue weighted by Crippen LogP contribution is 2.40. The lowest BCUT2D eigenvalue weighted by Crippen LogP contribution is -2.31. The number of benzene rings is 1. The van der Waals surface area contributed by atoms with Crippen molar-refractivity contribution >= 4 is 35.1 Å². The highest BCUT2D eigenvalue weighted by Gasteiger charge is 2.36.